The van der Waals surface area contributed by atoms with Gasteiger partial charge in [0, 0.05) is 0 Å². The summed E-state index contributed by atoms with van der Waals surface area (Å²) in [4.78, 5) is 0. The van der Waals surface area contributed by atoms with E-state index in [2.05, 4.69) is 41.5 Å². The predicted molar refractivity (Wildman–Crippen MR) is 95.8 cm³/mol. The first-order valence-corrected chi connectivity index (χ1v) is 11.4. The molecule has 0 N–H and O–H groups in total. The van der Waals surface area contributed by atoms with Crippen LogP contribution in [0.3, 0.4) is 0 Å². The summed E-state index contributed by atoms with van der Waals surface area (Å²) in [5.41, 5.74) is 1.20. The van der Waals surface area contributed by atoms with Gasteiger partial charge in [0.25, 0.3) is 0 Å². The molecule has 0 aliphatic heterocycles. The van der Waals surface area contributed by atoms with Gasteiger partial charge >= 0.3 is 34.5 Å². The van der Waals surface area contributed by atoms with Crippen molar-refractivity contribution in [1.82, 2.24) is 0 Å². The van der Waals surface area contributed by atoms with Crippen LogP contribution in [0.15, 0.2) is 30.3 Å². The minimum atomic E-state index is -0.346. The van der Waals surface area contributed by atoms with Gasteiger partial charge in [0.1, 0.15) is 0 Å². The van der Waals surface area contributed by atoms with Gasteiger partial charge in [-0.15, -0.1) is 0 Å². The maximum absolute atomic E-state index is 4.85. The number of benzene rings is 1. The van der Waals surface area contributed by atoms with Crippen molar-refractivity contribution in [1.29, 1.82) is 0 Å². The molecule has 0 bridgehead atoms. The number of hydrogen-bond donors (Lipinski definition) is 0. The molecule has 0 spiro atoms. The molecular formula is C19H24Cl2Ru+2. The fraction of sp³-hybridized carbons (Fsp3) is 0.263. The Morgan fingerprint density at radius 3 is 1.36 bits per heavy atom. The second-order valence-electron chi connectivity index (χ2n) is 4.99. The first-order chi connectivity index (χ1) is 10.4. The van der Waals surface area contributed by atoms with Gasteiger partial charge in [-0.05, 0) is 54.9 Å². The van der Waals surface area contributed by atoms with Gasteiger partial charge in [-0.25, -0.2) is 0 Å². The summed E-state index contributed by atoms with van der Waals surface area (Å²) in [6.07, 6.45) is 3.76. The standard InChI is InChI=1S/C10H15.C9H9.2ClH.Ru/c1-6-7(2)9(4)10(5)8(6)3;1-2-6-9-7-4-3-5-8-9;;;/h1-5H3;2-8H,1H2;2*1H;/q;;;;+4/p-2. The molecule has 1 aliphatic rings. The molecule has 0 unspecified atom stereocenters. The second-order valence-corrected chi connectivity index (χ2v) is 7.63. The molecule has 8 radical (unpaired) electrons. The van der Waals surface area contributed by atoms with Crippen molar-refractivity contribution in [3.8, 4) is 0 Å². The minimum absolute atomic E-state index is 0.346. The average molecular weight is 424 g/mol. The van der Waals surface area contributed by atoms with Gasteiger partial charge < -0.3 is 0 Å². The molecule has 22 heavy (non-hydrogen) atoms. The van der Waals surface area contributed by atoms with Crippen molar-refractivity contribution in [2.45, 2.75) is 34.6 Å². The van der Waals surface area contributed by atoms with Crippen LogP contribution in [0, 0.1) is 49.4 Å². The third kappa shape index (κ3) is 7.80. The monoisotopic (exact) mass is 424 g/mol. The van der Waals surface area contributed by atoms with Crippen molar-refractivity contribution in [3.63, 3.8) is 0 Å². The Bertz CT molecular complexity index is 324. The molecule has 0 amide bonds. The van der Waals surface area contributed by atoms with Crippen LogP contribution in [-0.2, 0) is 15.1 Å². The molecule has 0 saturated heterocycles. The fourth-order valence-corrected chi connectivity index (χ4v) is 2.11. The summed E-state index contributed by atoms with van der Waals surface area (Å²) in [5.74, 6) is 7.34. The predicted octanol–water partition coefficient (Wildman–Crippen LogP) is 6.63. The van der Waals surface area contributed by atoms with Gasteiger partial charge in [-0.2, -0.15) is 0 Å². The first kappa shape index (κ1) is 22.4. The summed E-state index contributed by atoms with van der Waals surface area (Å²) in [7, 11) is 9.71. The van der Waals surface area contributed by atoms with Crippen LogP contribution in [0.25, 0.3) is 0 Å². The molecular weight excluding hydrogens is 400 g/mol. The first-order valence-electron chi connectivity index (χ1n) is 6.96. The van der Waals surface area contributed by atoms with Gasteiger partial charge in [0.2, 0.25) is 0 Å². The van der Waals surface area contributed by atoms with Crippen LogP contribution in [0.1, 0.15) is 40.2 Å². The van der Waals surface area contributed by atoms with E-state index < -0.39 is 0 Å². The molecule has 120 valence electrons. The molecule has 0 nitrogen and oxygen atoms in total. The Hall–Kier alpha value is 0.423. The molecule has 1 aliphatic carbocycles. The molecule has 1 aromatic carbocycles. The summed E-state index contributed by atoms with van der Waals surface area (Å²) < 4.78 is 0. The van der Waals surface area contributed by atoms with Crippen LogP contribution in [-0.4, -0.2) is 0 Å². The normalized spacial score (nSPS) is 17.6. The van der Waals surface area contributed by atoms with Crippen LogP contribution in [0.5, 0.6) is 0 Å². The quantitative estimate of drug-likeness (QED) is 0.468. The van der Waals surface area contributed by atoms with Crippen LogP contribution in [0.4, 0.5) is 0 Å². The van der Waals surface area contributed by atoms with Gasteiger partial charge in [-0.1, -0.05) is 65.0 Å². The van der Waals surface area contributed by atoms with Gasteiger partial charge in [-0.3, -0.25) is 0 Å². The van der Waals surface area contributed by atoms with E-state index in [0.717, 1.165) is 0 Å². The van der Waals surface area contributed by atoms with Crippen molar-refractivity contribution >= 4 is 19.4 Å². The van der Waals surface area contributed by atoms with E-state index in [1.807, 2.05) is 36.8 Å². The SMILES string of the molecule is C[C]1[C](C)[C](C)[C](C)[C]1C.[CH2][CH][CH]c1ccccc1.[Cl][Ru+2][Cl]. The Labute approximate surface area is 154 Å². The van der Waals surface area contributed by atoms with E-state index in [0.29, 0.717) is 0 Å². The van der Waals surface area contributed by atoms with Crippen molar-refractivity contribution in [2.24, 2.45) is 0 Å². The van der Waals surface area contributed by atoms with Crippen LogP contribution < -0.4 is 0 Å². The molecule has 3 heteroatoms. The zero-order valence-corrected chi connectivity index (χ0v) is 17.1. The van der Waals surface area contributed by atoms with Crippen molar-refractivity contribution in [3.05, 3.63) is 85.3 Å². The van der Waals surface area contributed by atoms with Crippen LogP contribution in [0.2, 0.25) is 0 Å². The zero-order chi connectivity index (χ0) is 17.1. The third-order valence-electron chi connectivity index (χ3n) is 3.92. The second kappa shape index (κ2) is 12.8. The number of rotatable bonds is 2. The van der Waals surface area contributed by atoms with Crippen molar-refractivity contribution < 1.29 is 15.1 Å². The summed E-state index contributed by atoms with van der Waals surface area (Å²) >= 11 is -0.346. The van der Waals surface area contributed by atoms with E-state index in [-0.39, 0.29) is 15.1 Å². The summed E-state index contributed by atoms with van der Waals surface area (Å²) in [6.45, 7) is 14.6. The van der Waals surface area contributed by atoms with E-state index in [1.54, 1.807) is 6.42 Å². The van der Waals surface area contributed by atoms with Crippen LogP contribution >= 0.6 is 19.4 Å². The summed E-state index contributed by atoms with van der Waals surface area (Å²) in [6, 6.07) is 10.1. The summed E-state index contributed by atoms with van der Waals surface area (Å²) in [5, 5.41) is 0. The number of halogens is 2. The fourth-order valence-electron chi connectivity index (χ4n) is 2.11. The molecule has 0 aromatic heterocycles. The molecule has 2 rings (SSSR count). The molecule has 0 heterocycles. The Kier molecular flexibility index (Phi) is 13.0. The average Bonchev–Trinajstić information content (AvgIpc) is 2.68. The molecule has 0 atom stereocenters. The molecule has 1 fully saturated rings. The molecule has 1 aromatic rings. The Morgan fingerprint density at radius 1 is 0.773 bits per heavy atom. The van der Waals surface area contributed by atoms with Gasteiger partial charge in [0.15, 0.2) is 0 Å². The number of hydrogen-bond acceptors (Lipinski definition) is 0. The Balaban J connectivity index is 0.000000342. The van der Waals surface area contributed by atoms with E-state index in [4.69, 9.17) is 19.4 Å². The maximum atomic E-state index is 4.85. The van der Waals surface area contributed by atoms with Crippen molar-refractivity contribution in [2.75, 3.05) is 0 Å². The van der Waals surface area contributed by atoms with E-state index >= 15 is 0 Å². The topological polar surface area (TPSA) is 0 Å². The zero-order valence-electron chi connectivity index (χ0n) is 13.9. The van der Waals surface area contributed by atoms with E-state index in [1.165, 1.54) is 35.2 Å². The molecule has 1 saturated carbocycles. The van der Waals surface area contributed by atoms with Gasteiger partial charge in [0.05, 0.1) is 0 Å². The van der Waals surface area contributed by atoms with E-state index in [9.17, 15) is 0 Å². The Morgan fingerprint density at radius 2 is 1.09 bits per heavy atom. The third-order valence-corrected chi connectivity index (χ3v) is 3.92.